The number of hydrogen-bond acceptors (Lipinski definition) is 3. The second kappa shape index (κ2) is 2.43. The highest BCUT2D eigenvalue weighted by atomic mass is 15.1. The summed E-state index contributed by atoms with van der Waals surface area (Å²) in [7, 11) is 0. The van der Waals surface area contributed by atoms with E-state index in [9.17, 15) is 0 Å². The van der Waals surface area contributed by atoms with Gasteiger partial charge in [-0.2, -0.15) is 0 Å². The molecule has 3 heteroatoms. The molecule has 0 amide bonds. The van der Waals surface area contributed by atoms with Gasteiger partial charge in [-0.25, -0.2) is 0 Å². The molecule has 0 aromatic heterocycles. The van der Waals surface area contributed by atoms with Crippen LogP contribution in [0.5, 0.6) is 0 Å². The minimum Gasteiger partial charge on any atom is -0.381 e. The second-order valence-electron chi connectivity index (χ2n) is 2.67. The third-order valence-electron chi connectivity index (χ3n) is 1.94. The fourth-order valence-corrected chi connectivity index (χ4v) is 1.33. The molecule has 2 unspecified atom stereocenters. The summed E-state index contributed by atoms with van der Waals surface area (Å²) in [5.41, 5.74) is 6.97. The fourth-order valence-electron chi connectivity index (χ4n) is 1.33. The lowest BCUT2D eigenvalue weighted by atomic mass is 10.00. The van der Waals surface area contributed by atoms with Crippen molar-refractivity contribution < 1.29 is 0 Å². The molecule has 2 aliphatic heterocycles. The van der Waals surface area contributed by atoms with Gasteiger partial charge < -0.3 is 16.4 Å². The summed E-state index contributed by atoms with van der Waals surface area (Å²) in [5.74, 6) is 0. The van der Waals surface area contributed by atoms with Crippen molar-refractivity contribution in [2.24, 2.45) is 5.73 Å². The zero-order chi connectivity index (χ0) is 7.68. The van der Waals surface area contributed by atoms with Crippen LogP contribution in [0.15, 0.2) is 36.2 Å². The van der Waals surface area contributed by atoms with Crippen LogP contribution < -0.4 is 16.4 Å². The standard InChI is InChI=1S/C8H11N3/c9-8-6-2-1-4-10-7(6)3-5-11-8/h1-5,7-8,10-11H,9H2. The minimum atomic E-state index is -0.0394. The van der Waals surface area contributed by atoms with Crippen molar-refractivity contribution in [3.63, 3.8) is 0 Å². The van der Waals surface area contributed by atoms with Crippen LogP contribution in [-0.4, -0.2) is 12.2 Å². The average molecular weight is 149 g/mol. The Balaban J connectivity index is 2.30. The second-order valence-corrected chi connectivity index (χ2v) is 2.67. The zero-order valence-electron chi connectivity index (χ0n) is 6.12. The Labute approximate surface area is 65.7 Å². The molecular formula is C8H11N3. The molecule has 0 aliphatic carbocycles. The van der Waals surface area contributed by atoms with E-state index in [4.69, 9.17) is 5.73 Å². The van der Waals surface area contributed by atoms with Gasteiger partial charge >= 0.3 is 0 Å². The number of allylic oxidation sites excluding steroid dienone is 2. The van der Waals surface area contributed by atoms with Gasteiger partial charge in [0.2, 0.25) is 0 Å². The first-order chi connectivity index (χ1) is 5.38. The van der Waals surface area contributed by atoms with E-state index >= 15 is 0 Å². The number of nitrogens with two attached hydrogens (primary N) is 1. The summed E-state index contributed by atoms with van der Waals surface area (Å²) in [6.07, 6.45) is 9.84. The zero-order valence-corrected chi connectivity index (χ0v) is 6.12. The highest BCUT2D eigenvalue weighted by Crippen LogP contribution is 2.13. The Morgan fingerprint density at radius 1 is 1.27 bits per heavy atom. The van der Waals surface area contributed by atoms with Crippen molar-refractivity contribution in [3.8, 4) is 0 Å². The molecule has 0 spiro atoms. The number of rotatable bonds is 0. The number of dihydropyridines is 1. The van der Waals surface area contributed by atoms with Gasteiger partial charge in [0, 0.05) is 0 Å². The van der Waals surface area contributed by atoms with Gasteiger partial charge in [0.15, 0.2) is 0 Å². The van der Waals surface area contributed by atoms with Crippen molar-refractivity contribution in [1.82, 2.24) is 10.6 Å². The molecule has 0 aromatic carbocycles. The van der Waals surface area contributed by atoms with Crippen molar-refractivity contribution in [2.75, 3.05) is 0 Å². The normalized spacial score (nSPS) is 33.4. The first-order valence-electron chi connectivity index (χ1n) is 3.69. The lowest BCUT2D eigenvalue weighted by Crippen LogP contribution is -2.46. The van der Waals surface area contributed by atoms with E-state index in [1.165, 1.54) is 5.57 Å². The SMILES string of the molecule is NC1NC=CC2NC=CC=C12. The van der Waals surface area contributed by atoms with Crippen molar-refractivity contribution in [1.29, 1.82) is 0 Å². The Kier molecular flexibility index (Phi) is 1.43. The molecule has 58 valence electrons. The Morgan fingerprint density at radius 2 is 2.18 bits per heavy atom. The molecule has 0 bridgehead atoms. The van der Waals surface area contributed by atoms with E-state index in [1.54, 1.807) is 0 Å². The molecule has 2 heterocycles. The third-order valence-corrected chi connectivity index (χ3v) is 1.94. The van der Waals surface area contributed by atoms with E-state index in [-0.39, 0.29) is 12.2 Å². The highest BCUT2D eigenvalue weighted by Gasteiger charge is 2.20. The summed E-state index contributed by atoms with van der Waals surface area (Å²) >= 11 is 0. The van der Waals surface area contributed by atoms with Gasteiger partial charge in [-0.15, -0.1) is 0 Å². The van der Waals surface area contributed by atoms with Gasteiger partial charge in [0.1, 0.15) is 0 Å². The van der Waals surface area contributed by atoms with Crippen LogP contribution in [0.1, 0.15) is 0 Å². The largest absolute Gasteiger partial charge is 0.381 e. The smallest absolute Gasteiger partial charge is 0.0987 e. The summed E-state index contributed by atoms with van der Waals surface area (Å²) < 4.78 is 0. The molecule has 0 saturated heterocycles. The van der Waals surface area contributed by atoms with E-state index in [0.717, 1.165) is 0 Å². The van der Waals surface area contributed by atoms with Crippen LogP contribution in [0.25, 0.3) is 0 Å². The summed E-state index contributed by atoms with van der Waals surface area (Å²) in [6.45, 7) is 0. The molecular weight excluding hydrogens is 138 g/mol. The lowest BCUT2D eigenvalue weighted by molar-refractivity contribution is 0.593. The number of hydrogen-bond donors (Lipinski definition) is 3. The first kappa shape index (κ1) is 6.49. The van der Waals surface area contributed by atoms with Crippen LogP contribution in [-0.2, 0) is 0 Å². The molecule has 0 radical (unpaired) electrons. The van der Waals surface area contributed by atoms with Crippen LogP contribution >= 0.6 is 0 Å². The Hall–Kier alpha value is -1.22. The Bertz CT molecular complexity index is 240. The third kappa shape index (κ3) is 1.03. The fraction of sp³-hybridized carbons (Fsp3) is 0.250. The van der Waals surface area contributed by atoms with Crippen molar-refractivity contribution in [2.45, 2.75) is 12.2 Å². The van der Waals surface area contributed by atoms with Crippen LogP contribution in [0.3, 0.4) is 0 Å². The monoisotopic (exact) mass is 149 g/mol. The molecule has 2 rings (SSSR count). The lowest BCUT2D eigenvalue weighted by Gasteiger charge is -2.29. The van der Waals surface area contributed by atoms with Crippen molar-refractivity contribution in [3.05, 3.63) is 36.2 Å². The van der Waals surface area contributed by atoms with E-state index in [2.05, 4.69) is 16.7 Å². The van der Waals surface area contributed by atoms with Crippen LogP contribution in [0, 0.1) is 0 Å². The Morgan fingerprint density at radius 3 is 3.00 bits per heavy atom. The number of fused-ring (bicyclic) bond motifs is 1. The average Bonchev–Trinajstić information content (AvgIpc) is 2.06. The van der Waals surface area contributed by atoms with Crippen molar-refractivity contribution >= 4 is 0 Å². The molecule has 0 saturated carbocycles. The van der Waals surface area contributed by atoms with E-state index < -0.39 is 0 Å². The molecule has 2 aliphatic rings. The predicted octanol–water partition coefficient (Wildman–Crippen LogP) is -0.200. The maximum atomic E-state index is 5.78. The molecule has 0 aromatic rings. The maximum Gasteiger partial charge on any atom is 0.0987 e. The summed E-state index contributed by atoms with van der Waals surface area (Å²) in [5, 5.41) is 6.23. The topological polar surface area (TPSA) is 50.1 Å². The summed E-state index contributed by atoms with van der Waals surface area (Å²) in [4.78, 5) is 0. The van der Waals surface area contributed by atoms with E-state index in [0.29, 0.717) is 0 Å². The molecule has 2 atom stereocenters. The number of nitrogens with one attached hydrogen (secondary N) is 2. The molecule has 11 heavy (non-hydrogen) atoms. The molecule has 3 nitrogen and oxygen atoms in total. The van der Waals surface area contributed by atoms with Gasteiger partial charge in [-0.05, 0) is 30.1 Å². The molecule has 0 fully saturated rings. The van der Waals surface area contributed by atoms with Crippen LogP contribution in [0.2, 0.25) is 0 Å². The summed E-state index contributed by atoms with van der Waals surface area (Å²) in [6, 6.07) is 0.288. The van der Waals surface area contributed by atoms with Crippen LogP contribution in [0.4, 0.5) is 0 Å². The minimum absolute atomic E-state index is 0.0394. The van der Waals surface area contributed by atoms with Gasteiger partial charge in [0.25, 0.3) is 0 Å². The highest BCUT2D eigenvalue weighted by molar-refractivity contribution is 5.33. The van der Waals surface area contributed by atoms with Gasteiger partial charge in [-0.1, -0.05) is 6.08 Å². The predicted molar refractivity (Wildman–Crippen MR) is 44.4 cm³/mol. The van der Waals surface area contributed by atoms with Gasteiger partial charge in [0.05, 0.1) is 12.2 Å². The van der Waals surface area contributed by atoms with Gasteiger partial charge in [-0.3, -0.25) is 0 Å². The maximum absolute atomic E-state index is 5.78. The quantitative estimate of drug-likeness (QED) is 0.447. The van der Waals surface area contributed by atoms with E-state index in [1.807, 2.05) is 24.6 Å². The first-order valence-corrected chi connectivity index (χ1v) is 3.69. The molecule has 4 N–H and O–H groups in total.